The highest BCUT2D eigenvalue weighted by Crippen LogP contribution is 2.18. The standard InChI is InChI=1S/C21H16ClIN4O3/c22-18-4-2-1-3-14(18)11-27-13-24-21(26-27)25-20(28)19-10-9-17(30-19)12-29-16-7-5-15(23)6-8-16/h1-10,13H,11-12H2,(H,25,26,28). The molecule has 0 bridgehead atoms. The molecule has 4 aromatic rings. The number of ether oxygens (including phenoxy) is 1. The lowest BCUT2D eigenvalue weighted by molar-refractivity contribution is 0.0991. The van der Waals surface area contributed by atoms with Crippen molar-refractivity contribution in [2.75, 3.05) is 5.32 Å². The summed E-state index contributed by atoms with van der Waals surface area (Å²) in [5.41, 5.74) is 0.908. The largest absolute Gasteiger partial charge is 0.486 e. The normalized spacial score (nSPS) is 10.7. The van der Waals surface area contributed by atoms with E-state index in [4.69, 9.17) is 20.8 Å². The van der Waals surface area contributed by atoms with Crippen LogP contribution in [0.25, 0.3) is 0 Å². The molecule has 0 spiro atoms. The monoisotopic (exact) mass is 534 g/mol. The summed E-state index contributed by atoms with van der Waals surface area (Å²) in [5, 5.41) is 7.52. The molecule has 0 atom stereocenters. The average molecular weight is 535 g/mol. The van der Waals surface area contributed by atoms with Crippen molar-refractivity contribution in [1.29, 1.82) is 0 Å². The molecule has 0 saturated heterocycles. The second kappa shape index (κ2) is 9.31. The fourth-order valence-corrected chi connectivity index (χ4v) is 3.21. The predicted octanol–water partition coefficient (Wildman–Crippen LogP) is 5.01. The molecule has 152 valence electrons. The van der Waals surface area contributed by atoms with E-state index in [0.29, 0.717) is 17.3 Å². The summed E-state index contributed by atoms with van der Waals surface area (Å²) >= 11 is 8.39. The van der Waals surface area contributed by atoms with Crippen LogP contribution in [0.15, 0.2) is 71.4 Å². The molecule has 0 aliphatic heterocycles. The van der Waals surface area contributed by atoms with E-state index in [1.807, 2.05) is 48.5 Å². The molecule has 2 heterocycles. The summed E-state index contributed by atoms with van der Waals surface area (Å²) in [6, 6.07) is 18.4. The molecular formula is C21H16ClIN4O3. The van der Waals surface area contributed by atoms with E-state index in [1.54, 1.807) is 16.8 Å². The summed E-state index contributed by atoms with van der Waals surface area (Å²) in [5.74, 6) is 1.16. The molecule has 9 heteroatoms. The van der Waals surface area contributed by atoms with Crippen LogP contribution >= 0.6 is 34.2 Å². The Hall–Kier alpha value is -2.85. The maximum absolute atomic E-state index is 12.4. The zero-order valence-corrected chi connectivity index (χ0v) is 18.5. The molecule has 0 fully saturated rings. The smallest absolute Gasteiger partial charge is 0.293 e. The Morgan fingerprint density at radius 3 is 2.73 bits per heavy atom. The van der Waals surface area contributed by atoms with E-state index in [0.717, 1.165) is 14.9 Å². The van der Waals surface area contributed by atoms with Gasteiger partial charge in [0.05, 0.1) is 6.54 Å². The van der Waals surface area contributed by atoms with Gasteiger partial charge in [0.2, 0.25) is 5.95 Å². The Morgan fingerprint density at radius 1 is 1.13 bits per heavy atom. The molecule has 0 aliphatic rings. The molecule has 0 unspecified atom stereocenters. The Morgan fingerprint density at radius 2 is 1.93 bits per heavy atom. The van der Waals surface area contributed by atoms with Crippen LogP contribution < -0.4 is 10.1 Å². The van der Waals surface area contributed by atoms with Gasteiger partial charge in [0.15, 0.2) is 5.76 Å². The zero-order valence-electron chi connectivity index (χ0n) is 15.6. The Balaban J connectivity index is 1.34. The minimum atomic E-state index is -0.439. The fourth-order valence-electron chi connectivity index (χ4n) is 2.66. The highest BCUT2D eigenvalue weighted by molar-refractivity contribution is 14.1. The first-order valence-corrected chi connectivity index (χ1v) is 10.4. The number of hydrogen-bond donors (Lipinski definition) is 1. The second-order valence-electron chi connectivity index (χ2n) is 6.32. The topological polar surface area (TPSA) is 82.2 Å². The summed E-state index contributed by atoms with van der Waals surface area (Å²) in [6.45, 7) is 0.669. The molecule has 1 amide bonds. The molecule has 2 aromatic heterocycles. The van der Waals surface area contributed by atoms with E-state index in [2.05, 4.69) is 38.0 Å². The quantitative estimate of drug-likeness (QED) is 0.337. The predicted molar refractivity (Wildman–Crippen MR) is 121 cm³/mol. The van der Waals surface area contributed by atoms with Gasteiger partial charge in [0.1, 0.15) is 24.4 Å². The van der Waals surface area contributed by atoms with Gasteiger partial charge >= 0.3 is 0 Å². The SMILES string of the molecule is O=C(Nc1ncn(Cc2ccccc2Cl)n1)c1ccc(COc2ccc(I)cc2)o1. The van der Waals surface area contributed by atoms with Crippen molar-refractivity contribution in [3.8, 4) is 5.75 Å². The number of nitrogens with zero attached hydrogens (tertiary/aromatic N) is 3. The number of nitrogens with one attached hydrogen (secondary N) is 1. The van der Waals surface area contributed by atoms with E-state index in [-0.39, 0.29) is 18.3 Å². The van der Waals surface area contributed by atoms with Gasteiger partial charge < -0.3 is 9.15 Å². The number of anilines is 1. The van der Waals surface area contributed by atoms with Crippen molar-refractivity contribution >= 4 is 46.0 Å². The van der Waals surface area contributed by atoms with Gasteiger partial charge in [-0.15, -0.1) is 5.10 Å². The van der Waals surface area contributed by atoms with Gasteiger partial charge in [0.25, 0.3) is 5.91 Å². The molecule has 0 saturated carbocycles. The number of furan rings is 1. The van der Waals surface area contributed by atoms with Crippen molar-refractivity contribution in [1.82, 2.24) is 14.8 Å². The van der Waals surface area contributed by atoms with Crippen molar-refractivity contribution in [3.05, 3.63) is 92.7 Å². The lowest BCUT2D eigenvalue weighted by atomic mass is 10.2. The molecule has 7 nitrogen and oxygen atoms in total. The van der Waals surface area contributed by atoms with Crippen LogP contribution in [0.1, 0.15) is 21.9 Å². The first kappa shape index (κ1) is 20.4. The minimum Gasteiger partial charge on any atom is -0.486 e. The van der Waals surface area contributed by atoms with Crippen LogP contribution in [0.3, 0.4) is 0 Å². The number of benzene rings is 2. The Bertz CT molecular complexity index is 1160. The summed E-state index contributed by atoms with van der Waals surface area (Å²) in [6.07, 6.45) is 1.53. The zero-order chi connectivity index (χ0) is 20.9. The number of carbonyl (C=O) groups is 1. The van der Waals surface area contributed by atoms with Gasteiger partial charge in [-0.3, -0.25) is 10.1 Å². The van der Waals surface area contributed by atoms with E-state index in [1.165, 1.54) is 6.33 Å². The average Bonchev–Trinajstić information content (AvgIpc) is 3.39. The van der Waals surface area contributed by atoms with E-state index >= 15 is 0 Å². The first-order chi connectivity index (χ1) is 14.6. The van der Waals surface area contributed by atoms with Crippen LogP contribution in [0.4, 0.5) is 5.95 Å². The Kier molecular flexibility index (Phi) is 6.34. The molecule has 4 rings (SSSR count). The van der Waals surface area contributed by atoms with Gasteiger partial charge in [-0.2, -0.15) is 0 Å². The van der Waals surface area contributed by atoms with Crippen LogP contribution in [0.5, 0.6) is 5.75 Å². The first-order valence-electron chi connectivity index (χ1n) is 8.98. The van der Waals surface area contributed by atoms with E-state index < -0.39 is 5.91 Å². The maximum Gasteiger partial charge on any atom is 0.293 e. The number of hydrogen-bond acceptors (Lipinski definition) is 5. The van der Waals surface area contributed by atoms with Crippen molar-refractivity contribution in [3.63, 3.8) is 0 Å². The van der Waals surface area contributed by atoms with Crippen molar-refractivity contribution < 1.29 is 13.9 Å². The van der Waals surface area contributed by atoms with Crippen LogP contribution in [0.2, 0.25) is 5.02 Å². The number of halogens is 2. The van der Waals surface area contributed by atoms with Crippen molar-refractivity contribution in [2.45, 2.75) is 13.2 Å². The molecule has 1 N–H and O–H groups in total. The van der Waals surface area contributed by atoms with Gasteiger partial charge in [-0.25, -0.2) is 9.67 Å². The molecule has 30 heavy (non-hydrogen) atoms. The van der Waals surface area contributed by atoms with Gasteiger partial charge in [-0.05, 0) is 70.6 Å². The molecule has 0 aliphatic carbocycles. The second-order valence-corrected chi connectivity index (χ2v) is 7.97. The number of rotatable bonds is 7. The van der Waals surface area contributed by atoms with Crippen molar-refractivity contribution in [2.24, 2.45) is 0 Å². The molecule has 2 aromatic carbocycles. The van der Waals surface area contributed by atoms with Gasteiger partial charge in [-0.1, -0.05) is 29.8 Å². The van der Waals surface area contributed by atoms with Crippen LogP contribution in [-0.2, 0) is 13.2 Å². The Labute approximate surface area is 191 Å². The van der Waals surface area contributed by atoms with Crippen LogP contribution in [0, 0.1) is 3.57 Å². The highest BCUT2D eigenvalue weighted by Gasteiger charge is 2.14. The lowest BCUT2D eigenvalue weighted by Gasteiger charge is -2.04. The minimum absolute atomic E-state index is 0.152. The van der Waals surface area contributed by atoms with Crippen LogP contribution in [-0.4, -0.2) is 20.7 Å². The summed E-state index contributed by atoms with van der Waals surface area (Å²) in [4.78, 5) is 16.5. The number of amides is 1. The third kappa shape index (κ3) is 5.19. The fraction of sp³-hybridized carbons (Fsp3) is 0.0952. The maximum atomic E-state index is 12.4. The van der Waals surface area contributed by atoms with Gasteiger partial charge in [0, 0.05) is 8.59 Å². The number of carbonyl (C=O) groups excluding carboxylic acids is 1. The third-order valence-corrected chi connectivity index (χ3v) is 5.22. The van der Waals surface area contributed by atoms with E-state index in [9.17, 15) is 4.79 Å². The summed E-state index contributed by atoms with van der Waals surface area (Å²) in [7, 11) is 0. The third-order valence-electron chi connectivity index (χ3n) is 4.13. The number of aromatic nitrogens is 3. The molecular weight excluding hydrogens is 519 g/mol. The highest BCUT2D eigenvalue weighted by atomic mass is 127. The molecule has 0 radical (unpaired) electrons. The lowest BCUT2D eigenvalue weighted by Crippen LogP contribution is -2.12. The summed E-state index contributed by atoms with van der Waals surface area (Å²) < 4.78 is 13.9.